The molecule has 0 radical (unpaired) electrons. The number of aryl methyl sites for hydroxylation is 1. The van der Waals surface area contributed by atoms with Crippen LogP contribution in [-0.2, 0) is 4.79 Å². The lowest BCUT2D eigenvalue weighted by molar-refractivity contribution is -0.118. The minimum absolute atomic E-state index is 0.000642. The number of aromatic amines is 1. The molecule has 0 aliphatic carbocycles. The van der Waals surface area contributed by atoms with Crippen LogP contribution in [0.1, 0.15) is 60.4 Å². The summed E-state index contributed by atoms with van der Waals surface area (Å²) < 4.78 is 13.7. The number of aromatic nitrogens is 2. The molecule has 4 rings (SSSR count). The van der Waals surface area contributed by atoms with Crippen LogP contribution in [0.2, 0.25) is 5.02 Å². The summed E-state index contributed by atoms with van der Waals surface area (Å²) in [5.41, 5.74) is 3.28. The molecule has 1 aliphatic heterocycles. The topological polar surface area (TPSA) is 78.1 Å². The molecule has 2 heterocycles. The average Bonchev–Trinajstić information content (AvgIpc) is 3.01. The van der Waals surface area contributed by atoms with Crippen molar-refractivity contribution in [2.75, 3.05) is 11.4 Å². The summed E-state index contributed by atoms with van der Waals surface area (Å²) in [5, 5.41) is 2.91. The van der Waals surface area contributed by atoms with E-state index in [2.05, 4.69) is 15.3 Å². The highest BCUT2D eigenvalue weighted by Gasteiger charge is 2.21. The first-order valence-electron chi connectivity index (χ1n) is 10.4. The Morgan fingerprint density at radius 3 is 2.84 bits per heavy atom. The van der Waals surface area contributed by atoms with Crippen molar-refractivity contribution < 1.29 is 14.0 Å². The molecule has 1 atom stereocenters. The Morgan fingerprint density at radius 1 is 1.26 bits per heavy atom. The van der Waals surface area contributed by atoms with Gasteiger partial charge in [-0.05, 0) is 56.5 Å². The van der Waals surface area contributed by atoms with Crippen molar-refractivity contribution >= 4 is 40.1 Å². The fourth-order valence-corrected chi connectivity index (χ4v) is 4.07. The van der Waals surface area contributed by atoms with Crippen molar-refractivity contribution in [3.05, 3.63) is 58.1 Å². The molecular weight excluding hydrogens is 419 g/mol. The van der Waals surface area contributed by atoms with Crippen LogP contribution < -0.4 is 10.2 Å². The van der Waals surface area contributed by atoms with Gasteiger partial charge in [-0.1, -0.05) is 18.0 Å². The number of imidazole rings is 1. The third-order valence-corrected chi connectivity index (χ3v) is 5.91. The maximum absolute atomic E-state index is 13.7. The van der Waals surface area contributed by atoms with Crippen LogP contribution in [0.25, 0.3) is 11.0 Å². The molecule has 1 fully saturated rings. The Bertz CT molecular complexity index is 1120. The van der Waals surface area contributed by atoms with E-state index in [1.165, 1.54) is 12.1 Å². The predicted octanol–water partition coefficient (Wildman–Crippen LogP) is 5.06. The van der Waals surface area contributed by atoms with Crippen LogP contribution in [0, 0.1) is 12.7 Å². The summed E-state index contributed by atoms with van der Waals surface area (Å²) in [5.74, 6) is -0.144. The number of anilines is 1. The Morgan fingerprint density at radius 2 is 2.06 bits per heavy atom. The molecule has 2 amide bonds. The minimum Gasteiger partial charge on any atom is -0.342 e. The zero-order valence-corrected chi connectivity index (χ0v) is 18.2. The monoisotopic (exact) mass is 442 g/mol. The summed E-state index contributed by atoms with van der Waals surface area (Å²) in [7, 11) is 0. The molecule has 2 aromatic carbocycles. The number of fused-ring (bicyclic) bond motifs is 1. The number of carbonyl (C=O) groups is 2. The molecule has 3 aromatic rings. The van der Waals surface area contributed by atoms with Crippen molar-refractivity contribution in [2.45, 2.75) is 45.6 Å². The second-order valence-corrected chi connectivity index (χ2v) is 8.37. The van der Waals surface area contributed by atoms with Gasteiger partial charge < -0.3 is 15.2 Å². The summed E-state index contributed by atoms with van der Waals surface area (Å²) in [6.07, 6.45) is 3.52. The molecule has 6 nitrogen and oxygen atoms in total. The SMILES string of the molecule is Cc1cc(C(=O)N[C@@H](C)c2nc3cc(Cl)c(F)cc3[nH]2)ccc1N1CCCCCC1=O. The lowest BCUT2D eigenvalue weighted by Gasteiger charge is -2.23. The van der Waals surface area contributed by atoms with E-state index in [4.69, 9.17) is 11.6 Å². The van der Waals surface area contributed by atoms with Gasteiger partial charge in [0.25, 0.3) is 5.91 Å². The number of halogens is 2. The second-order valence-electron chi connectivity index (χ2n) is 7.96. The van der Waals surface area contributed by atoms with Crippen molar-refractivity contribution in [1.82, 2.24) is 15.3 Å². The molecule has 0 spiro atoms. The molecule has 1 aromatic heterocycles. The molecule has 0 bridgehead atoms. The maximum atomic E-state index is 13.7. The number of nitrogens with zero attached hydrogens (tertiary/aromatic N) is 2. The smallest absolute Gasteiger partial charge is 0.251 e. The highest BCUT2D eigenvalue weighted by molar-refractivity contribution is 6.31. The van der Waals surface area contributed by atoms with Gasteiger partial charge >= 0.3 is 0 Å². The first-order chi connectivity index (χ1) is 14.8. The lowest BCUT2D eigenvalue weighted by atomic mass is 10.1. The molecule has 2 N–H and O–H groups in total. The summed E-state index contributed by atoms with van der Waals surface area (Å²) in [6.45, 7) is 4.41. The van der Waals surface area contributed by atoms with Crippen LogP contribution in [0.5, 0.6) is 0 Å². The number of carbonyl (C=O) groups excluding carboxylic acids is 2. The average molecular weight is 443 g/mol. The van der Waals surface area contributed by atoms with Crippen molar-refractivity contribution in [2.24, 2.45) is 0 Å². The molecule has 1 saturated heterocycles. The first-order valence-corrected chi connectivity index (χ1v) is 10.8. The Kier molecular flexibility index (Phi) is 5.96. The van der Waals surface area contributed by atoms with Gasteiger partial charge in [-0.15, -0.1) is 0 Å². The van der Waals surface area contributed by atoms with Gasteiger partial charge in [0.1, 0.15) is 11.6 Å². The van der Waals surface area contributed by atoms with Crippen molar-refractivity contribution in [1.29, 1.82) is 0 Å². The first kappa shape index (κ1) is 21.3. The van der Waals surface area contributed by atoms with E-state index in [1.807, 2.05) is 17.9 Å². The molecule has 162 valence electrons. The van der Waals surface area contributed by atoms with Crippen molar-refractivity contribution in [3.63, 3.8) is 0 Å². The van der Waals surface area contributed by atoms with Crippen LogP contribution in [0.4, 0.5) is 10.1 Å². The third-order valence-electron chi connectivity index (χ3n) is 5.62. The highest BCUT2D eigenvalue weighted by atomic mass is 35.5. The normalized spacial score (nSPS) is 15.7. The molecule has 8 heteroatoms. The zero-order valence-electron chi connectivity index (χ0n) is 17.5. The van der Waals surface area contributed by atoms with E-state index in [9.17, 15) is 14.0 Å². The number of H-pyrrole nitrogens is 1. The van der Waals surface area contributed by atoms with Crippen LogP contribution in [0.3, 0.4) is 0 Å². The van der Waals surface area contributed by atoms with Gasteiger partial charge in [0.2, 0.25) is 5.91 Å². The number of hydrogen-bond acceptors (Lipinski definition) is 3. The fraction of sp³-hybridized carbons (Fsp3) is 0.348. The fourth-order valence-electron chi connectivity index (χ4n) is 3.91. The minimum atomic E-state index is -0.528. The molecule has 31 heavy (non-hydrogen) atoms. The number of benzene rings is 2. The molecule has 0 saturated carbocycles. The van der Waals surface area contributed by atoms with E-state index in [0.717, 1.165) is 30.5 Å². The third kappa shape index (κ3) is 4.42. The summed E-state index contributed by atoms with van der Waals surface area (Å²) in [4.78, 5) is 34.5. The standard InChI is InChI=1S/C23H24ClFN4O2/c1-13-10-15(7-8-20(13)29-9-5-3-4-6-21(29)30)23(31)26-14(2)22-27-18-11-16(24)17(25)12-19(18)28-22/h7-8,10-12,14H,3-6,9H2,1-2H3,(H,26,31)(H,27,28)/t14-/m0/s1. The Hall–Kier alpha value is -2.93. The van der Waals surface area contributed by atoms with Gasteiger partial charge in [0.15, 0.2) is 0 Å². The Labute approximate surface area is 184 Å². The van der Waals surface area contributed by atoms with E-state index in [0.29, 0.717) is 35.4 Å². The van der Waals surface area contributed by atoms with E-state index in [1.54, 1.807) is 19.1 Å². The van der Waals surface area contributed by atoms with Gasteiger partial charge in [0, 0.05) is 30.3 Å². The largest absolute Gasteiger partial charge is 0.342 e. The Balaban J connectivity index is 1.50. The lowest BCUT2D eigenvalue weighted by Crippen LogP contribution is -2.31. The van der Waals surface area contributed by atoms with Crippen molar-refractivity contribution in [3.8, 4) is 0 Å². The zero-order chi connectivity index (χ0) is 22.1. The second kappa shape index (κ2) is 8.67. The van der Waals surface area contributed by atoms with Gasteiger partial charge in [0.05, 0.1) is 22.1 Å². The van der Waals surface area contributed by atoms with Gasteiger partial charge in [-0.25, -0.2) is 9.37 Å². The number of rotatable bonds is 4. The number of amides is 2. The highest BCUT2D eigenvalue weighted by Crippen LogP contribution is 2.26. The molecular formula is C23H24ClFN4O2. The van der Waals surface area contributed by atoms with Gasteiger partial charge in [-0.3, -0.25) is 9.59 Å². The quantitative estimate of drug-likeness (QED) is 0.592. The van der Waals surface area contributed by atoms with E-state index in [-0.39, 0.29) is 16.8 Å². The van der Waals surface area contributed by atoms with Crippen LogP contribution >= 0.6 is 11.6 Å². The molecule has 0 unspecified atom stereocenters. The van der Waals surface area contributed by atoms with E-state index >= 15 is 0 Å². The summed E-state index contributed by atoms with van der Waals surface area (Å²) >= 11 is 5.82. The predicted molar refractivity (Wildman–Crippen MR) is 119 cm³/mol. The van der Waals surface area contributed by atoms with Gasteiger partial charge in [-0.2, -0.15) is 0 Å². The maximum Gasteiger partial charge on any atom is 0.251 e. The molecule has 1 aliphatic rings. The summed E-state index contributed by atoms with van der Waals surface area (Å²) in [6, 6.07) is 7.68. The number of hydrogen-bond donors (Lipinski definition) is 2. The van der Waals surface area contributed by atoms with E-state index < -0.39 is 11.9 Å². The van der Waals surface area contributed by atoms with Crippen LogP contribution in [-0.4, -0.2) is 28.3 Å². The number of nitrogens with one attached hydrogen (secondary N) is 2. The van der Waals surface area contributed by atoms with Crippen LogP contribution in [0.15, 0.2) is 30.3 Å².